The molecule has 2 amide bonds. The van der Waals surface area contributed by atoms with Crippen LogP contribution in [0.3, 0.4) is 0 Å². The highest BCUT2D eigenvalue weighted by molar-refractivity contribution is 5.92. The van der Waals surface area contributed by atoms with Crippen molar-refractivity contribution < 1.29 is 9.59 Å². The zero-order chi connectivity index (χ0) is 19.3. The van der Waals surface area contributed by atoms with E-state index in [1.165, 1.54) is 5.56 Å². The maximum absolute atomic E-state index is 12.5. The van der Waals surface area contributed by atoms with E-state index in [-0.39, 0.29) is 35.1 Å². The van der Waals surface area contributed by atoms with Gasteiger partial charge in [-0.2, -0.15) is 0 Å². The Balaban J connectivity index is 1.84. The predicted octanol–water partition coefficient (Wildman–Crippen LogP) is 4.64. The summed E-state index contributed by atoms with van der Waals surface area (Å²) in [7, 11) is 0. The molecular weight excluding hydrogens is 324 g/mol. The summed E-state index contributed by atoms with van der Waals surface area (Å²) in [4.78, 5) is 24.8. The lowest BCUT2D eigenvalue weighted by Gasteiger charge is -2.28. The number of nitrogens with one attached hydrogen (secondary N) is 2. The summed E-state index contributed by atoms with van der Waals surface area (Å²) >= 11 is 0. The van der Waals surface area contributed by atoms with Gasteiger partial charge < -0.3 is 10.6 Å². The van der Waals surface area contributed by atoms with Gasteiger partial charge in [0.2, 0.25) is 11.8 Å². The molecule has 2 N–H and O–H groups in total. The van der Waals surface area contributed by atoms with Crippen LogP contribution in [-0.4, -0.2) is 17.9 Å². The van der Waals surface area contributed by atoms with Crippen LogP contribution in [0.15, 0.2) is 24.3 Å². The van der Waals surface area contributed by atoms with Crippen LogP contribution in [0.1, 0.15) is 72.3 Å². The molecule has 0 aromatic heterocycles. The Morgan fingerprint density at radius 1 is 1.00 bits per heavy atom. The Bertz CT molecular complexity index is 608. The number of amides is 2. The minimum Gasteiger partial charge on any atom is -0.353 e. The van der Waals surface area contributed by atoms with Crippen LogP contribution in [0.25, 0.3) is 0 Å². The fourth-order valence-corrected chi connectivity index (χ4v) is 3.38. The highest BCUT2D eigenvalue weighted by Crippen LogP contribution is 2.30. The lowest BCUT2D eigenvalue weighted by Crippen LogP contribution is -2.39. The molecule has 1 aromatic carbocycles. The molecule has 1 unspecified atom stereocenters. The molecule has 4 nitrogen and oxygen atoms in total. The molecule has 1 aromatic rings. The maximum atomic E-state index is 12.5. The van der Waals surface area contributed by atoms with Gasteiger partial charge in [0, 0.05) is 23.6 Å². The highest BCUT2D eigenvalue weighted by atomic mass is 16.2. The van der Waals surface area contributed by atoms with Crippen molar-refractivity contribution in [1.29, 1.82) is 0 Å². The number of hydrogen-bond acceptors (Lipinski definition) is 2. The van der Waals surface area contributed by atoms with Gasteiger partial charge >= 0.3 is 0 Å². The van der Waals surface area contributed by atoms with Gasteiger partial charge in [-0.25, -0.2) is 0 Å². The van der Waals surface area contributed by atoms with Crippen LogP contribution >= 0.6 is 0 Å². The van der Waals surface area contributed by atoms with Gasteiger partial charge in [0.15, 0.2) is 0 Å². The summed E-state index contributed by atoms with van der Waals surface area (Å²) < 4.78 is 0. The molecule has 0 saturated heterocycles. The van der Waals surface area contributed by atoms with Gasteiger partial charge in [0.25, 0.3) is 0 Å². The summed E-state index contributed by atoms with van der Waals surface area (Å²) in [5.41, 5.74) is 2.21. The fraction of sp³-hybridized carbons (Fsp3) is 0.636. The zero-order valence-electron chi connectivity index (χ0n) is 16.9. The van der Waals surface area contributed by atoms with Gasteiger partial charge in [0.05, 0.1) is 0 Å². The maximum Gasteiger partial charge on any atom is 0.227 e. The minimum absolute atomic E-state index is 0.00458. The molecule has 1 atom stereocenters. The number of carbonyl (C=O) groups is 2. The van der Waals surface area contributed by atoms with Gasteiger partial charge in [-0.3, -0.25) is 9.59 Å². The Labute approximate surface area is 158 Å². The van der Waals surface area contributed by atoms with E-state index in [1.54, 1.807) is 0 Å². The second-order valence-corrected chi connectivity index (χ2v) is 8.68. The van der Waals surface area contributed by atoms with E-state index in [1.807, 2.05) is 19.1 Å². The van der Waals surface area contributed by atoms with E-state index in [0.29, 0.717) is 0 Å². The van der Waals surface area contributed by atoms with Crippen LogP contribution in [0.2, 0.25) is 0 Å². The van der Waals surface area contributed by atoms with Crippen LogP contribution in [-0.2, 0) is 15.0 Å². The Morgan fingerprint density at radius 2 is 1.50 bits per heavy atom. The molecule has 0 heterocycles. The van der Waals surface area contributed by atoms with E-state index in [0.717, 1.165) is 37.8 Å². The Hall–Kier alpha value is -1.84. The normalized spacial score (nSPS) is 21.7. The lowest BCUT2D eigenvalue weighted by molar-refractivity contribution is -0.129. The highest BCUT2D eigenvalue weighted by Gasteiger charge is 2.30. The van der Waals surface area contributed by atoms with Gasteiger partial charge in [-0.05, 0) is 62.1 Å². The van der Waals surface area contributed by atoms with Crippen molar-refractivity contribution in [3.05, 3.63) is 29.8 Å². The molecule has 0 radical (unpaired) electrons. The summed E-state index contributed by atoms with van der Waals surface area (Å²) in [6.45, 7) is 10.6. The number of rotatable bonds is 5. The summed E-state index contributed by atoms with van der Waals surface area (Å²) in [6, 6.07) is 8.32. The number of carbonyl (C=O) groups excluding carboxylic acids is 2. The van der Waals surface area contributed by atoms with E-state index < -0.39 is 0 Å². The molecule has 1 saturated carbocycles. The Morgan fingerprint density at radius 3 is 1.96 bits per heavy atom. The van der Waals surface area contributed by atoms with Crippen molar-refractivity contribution in [2.24, 2.45) is 11.8 Å². The lowest BCUT2D eigenvalue weighted by atomic mass is 9.81. The summed E-state index contributed by atoms with van der Waals surface area (Å²) in [6.07, 6.45) is 4.10. The number of hydrogen-bond donors (Lipinski definition) is 2. The monoisotopic (exact) mass is 358 g/mol. The number of anilines is 1. The average Bonchev–Trinajstić information content (AvgIpc) is 2.61. The molecule has 1 aliphatic rings. The smallest absolute Gasteiger partial charge is 0.227 e. The minimum atomic E-state index is 0.00458. The average molecular weight is 359 g/mol. The quantitative estimate of drug-likeness (QED) is 0.805. The Kier molecular flexibility index (Phi) is 6.85. The summed E-state index contributed by atoms with van der Waals surface area (Å²) in [5, 5.41) is 6.10. The second-order valence-electron chi connectivity index (χ2n) is 8.68. The first-order valence-electron chi connectivity index (χ1n) is 9.92. The van der Waals surface area contributed by atoms with Crippen LogP contribution in [0, 0.1) is 11.8 Å². The van der Waals surface area contributed by atoms with E-state index in [9.17, 15) is 9.59 Å². The summed E-state index contributed by atoms with van der Waals surface area (Å²) in [5.74, 6) is 0.286. The third-order valence-electron chi connectivity index (χ3n) is 5.49. The SMILES string of the molecule is CCC(C)NC(=O)C1CCC(C(=O)Nc2ccc(C(C)(C)C)cc2)CC1. The predicted molar refractivity (Wildman–Crippen MR) is 107 cm³/mol. The zero-order valence-corrected chi connectivity index (χ0v) is 16.9. The van der Waals surface area contributed by atoms with Crippen molar-refractivity contribution in [3.8, 4) is 0 Å². The van der Waals surface area contributed by atoms with Gasteiger partial charge in [-0.1, -0.05) is 39.8 Å². The molecular formula is C22H34N2O2. The van der Waals surface area contributed by atoms with E-state index >= 15 is 0 Å². The van der Waals surface area contributed by atoms with Crippen molar-refractivity contribution in [1.82, 2.24) is 5.32 Å². The van der Waals surface area contributed by atoms with E-state index in [4.69, 9.17) is 0 Å². The molecule has 0 aliphatic heterocycles. The molecule has 1 aliphatic carbocycles. The molecule has 144 valence electrons. The van der Waals surface area contributed by atoms with Crippen LogP contribution < -0.4 is 10.6 Å². The third-order valence-corrected chi connectivity index (χ3v) is 5.49. The molecule has 0 spiro atoms. The van der Waals surface area contributed by atoms with Crippen molar-refractivity contribution in [2.75, 3.05) is 5.32 Å². The van der Waals surface area contributed by atoms with E-state index in [2.05, 4.69) is 50.5 Å². The van der Waals surface area contributed by atoms with Crippen molar-refractivity contribution in [3.63, 3.8) is 0 Å². The molecule has 1 fully saturated rings. The molecule has 26 heavy (non-hydrogen) atoms. The van der Waals surface area contributed by atoms with Gasteiger partial charge in [0.1, 0.15) is 0 Å². The van der Waals surface area contributed by atoms with Crippen LogP contribution in [0.5, 0.6) is 0 Å². The third kappa shape index (κ3) is 5.58. The largest absolute Gasteiger partial charge is 0.353 e. The molecule has 0 bridgehead atoms. The first-order chi connectivity index (χ1) is 12.2. The molecule has 4 heteroatoms. The second kappa shape index (κ2) is 8.70. The number of benzene rings is 1. The standard InChI is InChI=1S/C22H34N2O2/c1-6-15(2)23-20(25)16-7-9-17(10-8-16)21(26)24-19-13-11-18(12-14-19)22(3,4)5/h11-17H,6-10H2,1-5H3,(H,23,25)(H,24,26). The van der Waals surface area contributed by atoms with Crippen molar-refractivity contribution >= 4 is 17.5 Å². The first-order valence-corrected chi connectivity index (χ1v) is 9.92. The molecule has 2 rings (SSSR count). The van der Waals surface area contributed by atoms with Crippen LogP contribution in [0.4, 0.5) is 5.69 Å². The fourth-order valence-electron chi connectivity index (χ4n) is 3.38. The topological polar surface area (TPSA) is 58.2 Å². The van der Waals surface area contributed by atoms with Crippen molar-refractivity contribution in [2.45, 2.75) is 78.2 Å². The first kappa shape index (κ1) is 20.5. The van der Waals surface area contributed by atoms with Gasteiger partial charge in [-0.15, -0.1) is 0 Å².